The molecule has 2 heteroatoms. The van der Waals surface area contributed by atoms with E-state index in [4.69, 9.17) is 4.84 Å². The summed E-state index contributed by atoms with van der Waals surface area (Å²) in [7, 11) is 0. The standard InChI is InChI=1S/C16H25NO/c1-16(2,3)18-17-15-11-9-14(10-12-15)13-7-5-4-6-8-13/h4-8,14-15,17H,9-12H2,1-3H3. The molecule has 1 aliphatic rings. The van der Waals surface area contributed by atoms with Gasteiger partial charge in [0.05, 0.1) is 5.60 Å². The van der Waals surface area contributed by atoms with Crippen molar-refractivity contribution < 1.29 is 4.84 Å². The number of hydrogen-bond acceptors (Lipinski definition) is 2. The van der Waals surface area contributed by atoms with Crippen LogP contribution in [0.1, 0.15) is 57.9 Å². The highest BCUT2D eigenvalue weighted by molar-refractivity contribution is 5.19. The van der Waals surface area contributed by atoms with Crippen LogP contribution in [0, 0.1) is 0 Å². The molecule has 1 aromatic carbocycles. The van der Waals surface area contributed by atoms with Gasteiger partial charge in [0.2, 0.25) is 0 Å². The predicted molar refractivity (Wildman–Crippen MR) is 75.4 cm³/mol. The van der Waals surface area contributed by atoms with Crippen molar-refractivity contribution in [2.75, 3.05) is 0 Å². The van der Waals surface area contributed by atoms with Crippen LogP contribution in [0.15, 0.2) is 30.3 Å². The van der Waals surface area contributed by atoms with E-state index in [1.165, 1.54) is 31.2 Å². The van der Waals surface area contributed by atoms with Crippen LogP contribution in [0.25, 0.3) is 0 Å². The Bertz CT molecular complexity index is 347. The van der Waals surface area contributed by atoms with E-state index in [9.17, 15) is 0 Å². The van der Waals surface area contributed by atoms with Gasteiger partial charge in [-0.2, -0.15) is 5.48 Å². The topological polar surface area (TPSA) is 21.3 Å². The molecular formula is C16H25NO. The molecule has 100 valence electrons. The van der Waals surface area contributed by atoms with Gasteiger partial charge in [-0.25, -0.2) is 0 Å². The van der Waals surface area contributed by atoms with Crippen molar-refractivity contribution in [1.29, 1.82) is 0 Å². The SMILES string of the molecule is CC(C)(C)ONC1CCC(c2ccccc2)CC1. The van der Waals surface area contributed by atoms with Gasteiger partial charge in [-0.1, -0.05) is 30.3 Å². The summed E-state index contributed by atoms with van der Waals surface area (Å²) in [6, 6.07) is 11.4. The summed E-state index contributed by atoms with van der Waals surface area (Å²) in [5, 5.41) is 0. The molecule has 2 nitrogen and oxygen atoms in total. The molecule has 1 aliphatic carbocycles. The molecule has 18 heavy (non-hydrogen) atoms. The average molecular weight is 247 g/mol. The van der Waals surface area contributed by atoms with Crippen LogP contribution in [0.4, 0.5) is 0 Å². The van der Waals surface area contributed by atoms with Gasteiger partial charge in [-0.3, -0.25) is 4.84 Å². The van der Waals surface area contributed by atoms with Gasteiger partial charge in [-0.15, -0.1) is 0 Å². The molecular weight excluding hydrogens is 222 g/mol. The second kappa shape index (κ2) is 5.85. The van der Waals surface area contributed by atoms with E-state index in [-0.39, 0.29) is 5.60 Å². The Morgan fingerprint density at radius 1 is 1.00 bits per heavy atom. The number of hydroxylamine groups is 1. The molecule has 0 radical (unpaired) electrons. The molecule has 1 aromatic rings. The zero-order valence-electron chi connectivity index (χ0n) is 11.8. The first-order chi connectivity index (χ1) is 8.54. The third-order valence-electron chi connectivity index (χ3n) is 3.53. The quantitative estimate of drug-likeness (QED) is 0.814. The fraction of sp³-hybridized carbons (Fsp3) is 0.625. The normalized spacial score (nSPS) is 25.1. The first-order valence-corrected chi connectivity index (χ1v) is 7.03. The smallest absolute Gasteiger partial charge is 0.0813 e. The van der Waals surface area contributed by atoms with Crippen molar-refractivity contribution in [1.82, 2.24) is 5.48 Å². The molecule has 0 aromatic heterocycles. The van der Waals surface area contributed by atoms with Gasteiger partial charge in [0.25, 0.3) is 0 Å². The Morgan fingerprint density at radius 3 is 2.17 bits per heavy atom. The Balaban J connectivity index is 1.78. The van der Waals surface area contributed by atoms with Gasteiger partial charge < -0.3 is 0 Å². The van der Waals surface area contributed by atoms with Crippen molar-refractivity contribution in [3.63, 3.8) is 0 Å². The van der Waals surface area contributed by atoms with E-state index in [0.717, 1.165) is 5.92 Å². The van der Waals surface area contributed by atoms with Gasteiger partial charge in [-0.05, 0) is 57.9 Å². The van der Waals surface area contributed by atoms with E-state index in [0.29, 0.717) is 6.04 Å². The number of benzene rings is 1. The highest BCUT2D eigenvalue weighted by Crippen LogP contribution is 2.32. The number of rotatable bonds is 3. The predicted octanol–water partition coefficient (Wildman–Crippen LogP) is 4.03. The Kier molecular flexibility index (Phi) is 4.41. The van der Waals surface area contributed by atoms with Crippen molar-refractivity contribution in [2.45, 2.75) is 64.0 Å². The van der Waals surface area contributed by atoms with Crippen molar-refractivity contribution in [3.05, 3.63) is 35.9 Å². The van der Waals surface area contributed by atoms with Crippen molar-refractivity contribution in [2.24, 2.45) is 0 Å². The van der Waals surface area contributed by atoms with E-state index in [1.807, 2.05) is 0 Å². The molecule has 1 fully saturated rings. The molecule has 1 N–H and O–H groups in total. The second-order valence-corrected chi connectivity index (χ2v) is 6.29. The third kappa shape index (κ3) is 4.11. The zero-order chi connectivity index (χ0) is 13.0. The lowest BCUT2D eigenvalue weighted by molar-refractivity contribution is -0.0931. The summed E-state index contributed by atoms with van der Waals surface area (Å²) >= 11 is 0. The third-order valence-corrected chi connectivity index (χ3v) is 3.53. The average Bonchev–Trinajstić information content (AvgIpc) is 2.37. The first kappa shape index (κ1) is 13.6. The van der Waals surface area contributed by atoms with Crippen LogP contribution < -0.4 is 5.48 Å². The maximum atomic E-state index is 5.66. The van der Waals surface area contributed by atoms with Crippen LogP contribution in [-0.2, 0) is 4.84 Å². The molecule has 0 heterocycles. The lowest BCUT2D eigenvalue weighted by Crippen LogP contribution is -2.38. The maximum Gasteiger partial charge on any atom is 0.0813 e. The molecule has 0 amide bonds. The van der Waals surface area contributed by atoms with Crippen LogP contribution in [0.3, 0.4) is 0 Å². The zero-order valence-corrected chi connectivity index (χ0v) is 11.8. The largest absolute Gasteiger partial charge is 0.296 e. The van der Waals surface area contributed by atoms with Gasteiger partial charge in [0.15, 0.2) is 0 Å². The fourth-order valence-electron chi connectivity index (χ4n) is 2.53. The molecule has 0 bridgehead atoms. The Labute approximate surface area is 111 Å². The summed E-state index contributed by atoms with van der Waals surface area (Å²) in [4.78, 5) is 5.66. The van der Waals surface area contributed by atoms with E-state index < -0.39 is 0 Å². The van der Waals surface area contributed by atoms with E-state index >= 15 is 0 Å². The summed E-state index contributed by atoms with van der Waals surface area (Å²) in [5.41, 5.74) is 4.63. The molecule has 0 aliphatic heterocycles. The molecule has 0 saturated heterocycles. The van der Waals surface area contributed by atoms with Gasteiger partial charge >= 0.3 is 0 Å². The lowest BCUT2D eigenvalue weighted by Gasteiger charge is -2.31. The van der Waals surface area contributed by atoms with Crippen LogP contribution in [-0.4, -0.2) is 11.6 Å². The van der Waals surface area contributed by atoms with Gasteiger partial charge in [0, 0.05) is 6.04 Å². The summed E-state index contributed by atoms with van der Waals surface area (Å²) in [5.74, 6) is 0.735. The molecule has 0 unspecified atom stereocenters. The molecule has 1 saturated carbocycles. The number of hydrogen-bond donors (Lipinski definition) is 1. The van der Waals surface area contributed by atoms with Crippen molar-refractivity contribution >= 4 is 0 Å². The lowest BCUT2D eigenvalue weighted by atomic mass is 9.82. The molecule has 2 rings (SSSR count). The van der Waals surface area contributed by atoms with Crippen LogP contribution in [0.5, 0.6) is 0 Å². The second-order valence-electron chi connectivity index (χ2n) is 6.29. The highest BCUT2D eigenvalue weighted by atomic mass is 16.7. The summed E-state index contributed by atoms with van der Waals surface area (Å²) in [6.07, 6.45) is 4.93. The highest BCUT2D eigenvalue weighted by Gasteiger charge is 2.23. The molecule has 0 atom stereocenters. The minimum atomic E-state index is -0.101. The fourth-order valence-corrected chi connectivity index (χ4v) is 2.53. The van der Waals surface area contributed by atoms with Crippen molar-refractivity contribution in [3.8, 4) is 0 Å². The van der Waals surface area contributed by atoms with Crippen LogP contribution >= 0.6 is 0 Å². The first-order valence-electron chi connectivity index (χ1n) is 7.03. The van der Waals surface area contributed by atoms with Crippen LogP contribution in [0.2, 0.25) is 0 Å². The monoisotopic (exact) mass is 247 g/mol. The van der Waals surface area contributed by atoms with E-state index in [2.05, 4.69) is 56.6 Å². The summed E-state index contributed by atoms with van der Waals surface area (Å²) < 4.78 is 0. The Morgan fingerprint density at radius 2 is 1.61 bits per heavy atom. The number of nitrogens with one attached hydrogen (secondary N) is 1. The molecule has 0 spiro atoms. The minimum absolute atomic E-state index is 0.101. The Hall–Kier alpha value is -0.860. The minimum Gasteiger partial charge on any atom is -0.296 e. The summed E-state index contributed by atoms with van der Waals surface area (Å²) in [6.45, 7) is 6.24. The maximum absolute atomic E-state index is 5.66. The van der Waals surface area contributed by atoms with Gasteiger partial charge in [0.1, 0.15) is 0 Å². The van der Waals surface area contributed by atoms with E-state index in [1.54, 1.807) is 0 Å².